The van der Waals surface area contributed by atoms with Gasteiger partial charge in [0.1, 0.15) is 0 Å². The van der Waals surface area contributed by atoms with Crippen molar-refractivity contribution in [1.29, 1.82) is 0 Å². The normalized spacial score (nSPS) is 10.1. The van der Waals surface area contributed by atoms with Gasteiger partial charge in [0.25, 0.3) is 0 Å². The van der Waals surface area contributed by atoms with E-state index in [4.69, 9.17) is 5.73 Å². The summed E-state index contributed by atoms with van der Waals surface area (Å²) in [6.45, 7) is 0.328. The molecule has 0 fully saturated rings. The molecule has 18 heavy (non-hydrogen) atoms. The van der Waals surface area contributed by atoms with Crippen LogP contribution in [0, 0.1) is 0 Å². The van der Waals surface area contributed by atoms with E-state index in [9.17, 15) is 4.79 Å². The highest BCUT2D eigenvalue weighted by Gasteiger charge is 2.03. The minimum Gasteiger partial charge on any atom is -0.330 e. The molecule has 1 heterocycles. The Morgan fingerprint density at radius 1 is 1.17 bits per heavy atom. The lowest BCUT2D eigenvalue weighted by Crippen LogP contribution is -2.16. The van der Waals surface area contributed by atoms with Gasteiger partial charge in [-0.2, -0.15) is 0 Å². The molecule has 2 rings (SSSR count). The SMILES string of the molecule is NCCC(=O)Nc1cnc(-c2ccccc2)nc1. The third-order valence-electron chi connectivity index (χ3n) is 2.34. The van der Waals surface area contributed by atoms with Crippen LogP contribution in [0.5, 0.6) is 0 Å². The first-order valence-electron chi connectivity index (χ1n) is 5.67. The summed E-state index contributed by atoms with van der Waals surface area (Å²) < 4.78 is 0. The second-order valence-corrected chi connectivity index (χ2v) is 3.75. The van der Waals surface area contributed by atoms with Crippen molar-refractivity contribution in [3.05, 3.63) is 42.7 Å². The topological polar surface area (TPSA) is 80.9 Å². The van der Waals surface area contributed by atoms with Crippen molar-refractivity contribution in [3.8, 4) is 11.4 Å². The zero-order valence-corrected chi connectivity index (χ0v) is 9.84. The van der Waals surface area contributed by atoms with Gasteiger partial charge in [0, 0.05) is 18.5 Å². The van der Waals surface area contributed by atoms with Gasteiger partial charge in [0.2, 0.25) is 5.91 Å². The molecule has 0 radical (unpaired) electrons. The van der Waals surface area contributed by atoms with E-state index in [-0.39, 0.29) is 5.91 Å². The highest BCUT2D eigenvalue weighted by molar-refractivity contribution is 5.90. The number of nitrogens with zero attached hydrogens (tertiary/aromatic N) is 2. The predicted molar refractivity (Wildman–Crippen MR) is 69.8 cm³/mol. The van der Waals surface area contributed by atoms with Gasteiger partial charge in [0.05, 0.1) is 18.1 Å². The fourth-order valence-electron chi connectivity index (χ4n) is 1.48. The number of amides is 1. The monoisotopic (exact) mass is 242 g/mol. The lowest BCUT2D eigenvalue weighted by molar-refractivity contribution is -0.116. The van der Waals surface area contributed by atoms with Crippen molar-refractivity contribution in [2.75, 3.05) is 11.9 Å². The summed E-state index contributed by atoms with van der Waals surface area (Å²) >= 11 is 0. The van der Waals surface area contributed by atoms with E-state index in [1.54, 1.807) is 12.4 Å². The zero-order chi connectivity index (χ0) is 12.8. The van der Waals surface area contributed by atoms with Crippen LogP contribution in [0.3, 0.4) is 0 Å². The third kappa shape index (κ3) is 3.11. The van der Waals surface area contributed by atoms with Gasteiger partial charge < -0.3 is 11.1 Å². The Kier molecular flexibility index (Phi) is 3.98. The van der Waals surface area contributed by atoms with Gasteiger partial charge in [-0.1, -0.05) is 30.3 Å². The molecule has 1 aromatic carbocycles. The van der Waals surface area contributed by atoms with Crippen molar-refractivity contribution >= 4 is 11.6 Å². The Morgan fingerprint density at radius 3 is 2.44 bits per heavy atom. The van der Waals surface area contributed by atoms with Crippen LogP contribution in [0.2, 0.25) is 0 Å². The Hall–Kier alpha value is -2.27. The van der Waals surface area contributed by atoms with Crippen molar-refractivity contribution in [2.24, 2.45) is 5.73 Å². The molecule has 0 aliphatic carbocycles. The van der Waals surface area contributed by atoms with Gasteiger partial charge in [0.15, 0.2) is 5.82 Å². The molecule has 5 nitrogen and oxygen atoms in total. The molecule has 1 aromatic heterocycles. The maximum atomic E-state index is 11.3. The number of aromatic nitrogens is 2. The number of nitrogens with two attached hydrogens (primary N) is 1. The lowest BCUT2D eigenvalue weighted by atomic mass is 10.2. The molecule has 1 amide bonds. The van der Waals surface area contributed by atoms with Gasteiger partial charge in [-0.05, 0) is 0 Å². The van der Waals surface area contributed by atoms with Crippen LogP contribution in [0.4, 0.5) is 5.69 Å². The van der Waals surface area contributed by atoms with E-state index in [1.807, 2.05) is 30.3 Å². The summed E-state index contributed by atoms with van der Waals surface area (Å²) in [4.78, 5) is 19.7. The Labute approximate surface area is 105 Å². The molecule has 92 valence electrons. The van der Waals surface area contributed by atoms with Crippen LogP contribution in [0.25, 0.3) is 11.4 Å². The van der Waals surface area contributed by atoms with Crippen LogP contribution in [0.15, 0.2) is 42.7 Å². The molecule has 0 saturated carbocycles. The molecule has 0 unspecified atom stereocenters. The quantitative estimate of drug-likeness (QED) is 0.849. The molecule has 0 bridgehead atoms. The molecule has 5 heteroatoms. The van der Waals surface area contributed by atoms with Crippen LogP contribution in [-0.4, -0.2) is 22.4 Å². The largest absolute Gasteiger partial charge is 0.330 e. The summed E-state index contributed by atoms with van der Waals surface area (Å²) in [7, 11) is 0. The standard InChI is InChI=1S/C13H14N4O/c14-7-6-12(18)17-11-8-15-13(16-9-11)10-4-2-1-3-5-10/h1-5,8-9H,6-7,14H2,(H,17,18). The van der Waals surface area contributed by atoms with Crippen LogP contribution in [-0.2, 0) is 4.79 Å². The van der Waals surface area contributed by atoms with E-state index in [2.05, 4.69) is 15.3 Å². The minimum absolute atomic E-state index is 0.131. The summed E-state index contributed by atoms with van der Waals surface area (Å²) in [5, 5.41) is 2.68. The molecule has 2 aromatic rings. The Bertz CT molecular complexity index is 510. The molecule has 0 saturated heterocycles. The average Bonchev–Trinajstić information content (AvgIpc) is 2.41. The number of hydrogen-bond acceptors (Lipinski definition) is 4. The fourth-order valence-corrected chi connectivity index (χ4v) is 1.48. The van der Waals surface area contributed by atoms with Gasteiger partial charge in [-0.25, -0.2) is 9.97 Å². The first-order chi connectivity index (χ1) is 8.79. The smallest absolute Gasteiger partial charge is 0.225 e. The van der Waals surface area contributed by atoms with Crippen molar-refractivity contribution in [1.82, 2.24) is 9.97 Å². The number of nitrogens with one attached hydrogen (secondary N) is 1. The summed E-state index contributed by atoms with van der Waals surface area (Å²) in [5.41, 5.74) is 6.81. The number of anilines is 1. The van der Waals surface area contributed by atoms with Crippen LogP contribution >= 0.6 is 0 Å². The van der Waals surface area contributed by atoms with E-state index >= 15 is 0 Å². The third-order valence-corrected chi connectivity index (χ3v) is 2.34. The second-order valence-electron chi connectivity index (χ2n) is 3.75. The maximum Gasteiger partial charge on any atom is 0.225 e. The molecule has 0 aliphatic heterocycles. The number of carbonyl (C=O) groups excluding carboxylic acids is 1. The van der Waals surface area contributed by atoms with Crippen molar-refractivity contribution in [3.63, 3.8) is 0 Å². The lowest BCUT2D eigenvalue weighted by Gasteiger charge is -2.04. The Morgan fingerprint density at radius 2 is 1.83 bits per heavy atom. The number of hydrogen-bond donors (Lipinski definition) is 2. The molecule has 0 atom stereocenters. The summed E-state index contributed by atoms with van der Waals surface area (Å²) in [5.74, 6) is 0.501. The molecule has 0 spiro atoms. The van der Waals surface area contributed by atoms with Crippen LogP contribution in [0.1, 0.15) is 6.42 Å². The van der Waals surface area contributed by atoms with Crippen molar-refractivity contribution < 1.29 is 4.79 Å². The molecule has 3 N–H and O–H groups in total. The first kappa shape index (κ1) is 12.2. The number of benzene rings is 1. The van der Waals surface area contributed by atoms with E-state index < -0.39 is 0 Å². The number of rotatable bonds is 4. The highest BCUT2D eigenvalue weighted by Crippen LogP contribution is 2.14. The molecule has 0 aliphatic rings. The number of carbonyl (C=O) groups is 1. The molecular weight excluding hydrogens is 228 g/mol. The van der Waals surface area contributed by atoms with Gasteiger partial charge >= 0.3 is 0 Å². The zero-order valence-electron chi connectivity index (χ0n) is 9.84. The summed E-state index contributed by atoms with van der Waals surface area (Å²) in [6, 6.07) is 9.65. The van der Waals surface area contributed by atoms with Gasteiger partial charge in [-0.3, -0.25) is 4.79 Å². The molecular formula is C13H14N4O. The second kappa shape index (κ2) is 5.88. The first-order valence-corrected chi connectivity index (χ1v) is 5.67. The van der Waals surface area contributed by atoms with E-state index in [0.29, 0.717) is 24.5 Å². The highest BCUT2D eigenvalue weighted by atomic mass is 16.1. The van der Waals surface area contributed by atoms with Crippen molar-refractivity contribution in [2.45, 2.75) is 6.42 Å². The fraction of sp³-hybridized carbons (Fsp3) is 0.154. The average molecular weight is 242 g/mol. The van der Waals surface area contributed by atoms with Crippen LogP contribution < -0.4 is 11.1 Å². The van der Waals surface area contributed by atoms with Gasteiger partial charge in [-0.15, -0.1) is 0 Å². The maximum absolute atomic E-state index is 11.3. The van der Waals surface area contributed by atoms with E-state index in [1.165, 1.54) is 0 Å². The Balaban J connectivity index is 2.09. The predicted octanol–water partition coefficient (Wildman–Crippen LogP) is 1.43. The summed E-state index contributed by atoms with van der Waals surface area (Å²) in [6.07, 6.45) is 3.47. The minimum atomic E-state index is -0.131. The van der Waals surface area contributed by atoms with E-state index in [0.717, 1.165) is 5.56 Å².